The normalized spacial score (nSPS) is 18.5. The van der Waals surface area contributed by atoms with E-state index in [0.29, 0.717) is 25.2 Å². The molecule has 1 atom stereocenters. The Morgan fingerprint density at radius 3 is 2.67 bits per heavy atom. The molecular formula is C17H21N3O3S. The van der Waals surface area contributed by atoms with E-state index in [1.54, 1.807) is 19.1 Å². The number of nitrogens with one attached hydrogen (secondary N) is 1. The molecule has 1 N–H and O–H groups in total. The monoisotopic (exact) mass is 347 g/mol. The fourth-order valence-corrected chi connectivity index (χ4v) is 4.67. The summed E-state index contributed by atoms with van der Waals surface area (Å²) >= 11 is 0. The smallest absolute Gasteiger partial charge is 0.285 e. The molecule has 24 heavy (non-hydrogen) atoms. The minimum Gasteiger partial charge on any atom is -0.285 e. The molecule has 0 saturated heterocycles. The summed E-state index contributed by atoms with van der Waals surface area (Å²) in [6.45, 7) is 6.40. The number of aliphatic imine (C=N–C) groups is 1. The fourth-order valence-electron chi connectivity index (χ4n) is 3.36. The molecule has 0 aliphatic carbocycles. The van der Waals surface area contributed by atoms with Crippen molar-refractivity contribution >= 4 is 27.5 Å². The Balaban J connectivity index is 1.80. The van der Waals surface area contributed by atoms with Crippen LogP contribution in [0.25, 0.3) is 0 Å². The van der Waals surface area contributed by atoms with Crippen molar-refractivity contribution < 1.29 is 13.2 Å². The highest BCUT2D eigenvalue weighted by Crippen LogP contribution is 2.30. The molecule has 1 aromatic rings. The first-order chi connectivity index (χ1) is 11.3. The van der Waals surface area contributed by atoms with Crippen molar-refractivity contribution in [2.24, 2.45) is 10.9 Å². The zero-order valence-electron chi connectivity index (χ0n) is 14.0. The van der Waals surface area contributed by atoms with E-state index in [1.165, 1.54) is 4.31 Å². The number of para-hydroxylation sites is 1. The Hall–Kier alpha value is -2.15. The van der Waals surface area contributed by atoms with Crippen LogP contribution in [0.4, 0.5) is 5.69 Å². The first-order valence-electron chi connectivity index (χ1n) is 7.94. The van der Waals surface area contributed by atoms with Crippen molar-refractivity contribution in [1.29, 1.82) is 0 Å². The maximum absolute atomic E-state index is 12.6. The van der Waals surface area contributed by atoms with Gasteiger partial charge >= 0.3 is 10.2 Å². The van der Waals surface area contributed by atoms with Crippen molar-refractivity contribution in [2.75, 3.05) is 17.4 Å². The highest BCUT2D eigenvalue weighted by molar-refractivity contribution is 7.91. The van der Waals surface area contributed by atoms with Gasteiger partial charge in [0.05, 0.1) is 18.2 Å². The highest BCUT2D eigenvalue weighted by Gasteiger charge is 2.33. The van der Waals surface area contributed by atoms with Gasteiger partial charge in [0.2, 0.25) is 5.91 Å². The molecule has 0 saturated carbocycles. The summed E-state index contributed by atoms with van der Waals surface area (Å²) in [5.41, 5.74) is 4.27. The molecule has 7 heteroatoms. The number of fused-ring (bicyclic) bond motifs is 1. The Labute approximate surface area is 142 Å². The van der Waals surface area contributed by atoms with Crippen LogP contribution < -0.4 is 9.03 Å². The minimum atomic E-state index is -3.91. The van der Waals surface area contributed by atoms with Crippen molar-refractivity contribution in [3.63, 3.8) is 0 Å². The van der Waals surface area contributed by atoms with E-state index < -0.39 is 22.0 Å². The van der Waals surface area contributed by atoms with Crippen molar-refractivity contribution in [2.45, 2.75) is 27.2 Å². The average molecular weight is 347 g/mol. The summed E-state index contributed by atoms with van der Waals surface area (Å²) in [6.07, 6.45) is 0.650. The van der Waals surface area contributed by atoms with Crippen LogP contribution in [0.5, 0.6) is 0 Å². The highest BCUT2D eigenvalue weighted by atomic mass is 32.2. The summed E-state index contributed by atoms with van der Waals surface area (Å²) in [6, 6.07) is 7.34. The summed E-state index contributed by atoms with van der Waals surface area (Å²) in [5.74, 6) is -1.07. The second-order valence-corrected chi connectivity index (χ2v) is 7.83. The number of carbonyl (C=O) groups excluding carboxylic acids is 1. The third-order valence-corrected chi connectivity index (χ3v) is 6.01. The summed E-state index contributed by atoms with van der Waals surface area (Å²) < 4.78 is 28.8. The number of amides is 1. The van der Waals surface area contributed by atoms with Crippen LogP contribution in [0.3, 0.4) is 0 Å². The summed E-state index contributed by atoms with van der Waals surface area (Å²) in [4.78, 5) is 16.8. The first kappa shape index (κ1) is 16.7. The van der Waals surface area contributed by atoms with Gasteiger partial charge in [0.1, 0.15) is 0 Å². The maximum Gasteiger partial charge on any atom is 0.326 e. The molecule has 2 heterocycles. The lowest BCUT2D eigenvalue weighted by atomic mass is 9.94. The van der Waals surface area contributed by atoms with Gasteiger partial charge < -0.3 is 0 Å². The van der Waals surface area contributed by atoms with Gasteiger partial charge in [-0.3, -0.25) is 14.1 Å². The van der Waals surface area contributed by atoms with Crippen LogP contribution in [0.1, 0.15) is 26.3 Å². The predicted molar refractivity (Wildman–Crippen MR) is 94.4 cm³/mol. The molecule has 0 spiro atoms. The van der Waals surface area contributed by atoms with E-state index in [9.17, 15) is 13.2 Å². The second kappa shape index (κ2) is 6.05. The van der Waals surface area contributed by atoms with Crippen LogP contribution in [-0.4, -0.2) is 33.1 Å². The SMILES string of the molecule is CC1=NCC(C)=C1C(C)C(=O)NS(=O)(=O)N1CCc2ccccc21. The Morgan fingerprint density at radius 1 is 1.29 bits per heavy atom. The number of anilines is 1. The molecule has 0 radical (unpaired) electrons. The van der Waals surface area contributed by atoms with E-state index >= 15 is 0 Å². The Kier molecular flexibility index (Phi) is 4.21. The molecule has 0 bridgehead atoms. The summed E-state index contributed by atoms with van der Waals surface area (Å²) in [7, 11) is -3.91. The quantitative estimate of drug-likeness (QED) is 0.902. The molecule has 1 amide bonds. The van der Waals surface area contributed by atoms with Gasteiger partial charge in [-0.15, -0.1) is 0 Å². The standard InChI is InChI=1S/C17H21N3O3S/c1-11-10-18-13(3)16(11)12(2)17(21)19-24(22,23)20-9-8-14-6-4-5-7-15(14)20/h4-7,12H,8-10H2,1-3H3,(H,19,21). The Bertz CT molecular complexity index is 856. The molecule has 0 fully saturated rings. The lowest BCUT2D eigenvalue weighted by Crippen LogP contribution is -2.45. The van der Waals surface area contributed by atoms with Crippen LogP contribution in [0, 0.1) is 5.92 Å². The molecule has 3 rings (SSSR count). The van der Waals surface area contributed by atoms with Gasteiger partial charge in [0, 0.05) is 12.3 Å². The molecule has 2 aliphatic rings. The molecule has 1 unspecified atom stereocenters. The fraction of sp³-hybridized carbons (Fsp3) is 0.412. The van der Waals surface area contributed by atoms with Gasteiger partial charge in [-0.25, -0.2) is 4.72 Å². The third kappa shape index (κ3) is 2.84. The van der Waals surface area contributed by atoms with Crippen LogP contribution in [-0.2, 0) is 21.4 Å². The van der Waals surface area contributed by atoms with Crippen molar-refractivity contribution in [3.8, 4) is 0 Å². The number of nitrogens with zero attached hydrogens (tertiary/aromatic N) is 2. The van der Waals surface area contributed by atoms with Gasteiger partial charge in [0.15, 0.2) is 0 Å². The third-order valence-electron chi connectivity index (χ3n) is 4.59. The van der Waals surface area contributed by atoms with Crippen LogP contribution >= 0.6 is 0 Å². The van der Waals surface area contributed by atoms with E-state index in [2.05, 4.69) is 9.71 Å². The zero-order valence-corrected chi connectivity index (χ0v) is 14.9. The first-order valence-corrected chi connectivity index (χ1v) is 9.38. The predicted octanol–water partition coefficient (Wildman–Crippen LogP) is 1.84. The number of hydrogen-bond donors (Lipinski definition) is 1. The second-order valence-electron chi connectivity index (χ2n) is 6.24. The molecular weight excluding hydrogens is 326 g/mol. The molecule has 1 aromatic carbocycles. The van der Waals surface area contributed by atoms with Crippen LogP contribution in [0.15, 0.2) is 40.4 Å². The average Bonchev–Trinajstić information content (AvgIpc) is 3.10. The number of rotatable bonds is 4. The molecule has 0 aromatic heterocycles. The van der Waals surface area contributed by atoms with E-state index in [0.717, 1.165) is 22.4 Å². The van der Waals surface area contributed by atoms with Crippen molar-refractivity contribution in [3.05, 3.63) is 41.0 Å². The van der Waals surface area contributed by atoms with Crippen molar-refractivity contribution in [1.82, 2.24) is 4.72 Å². The lowest BCUT2D eigenvalue weighted by molar-refractivity contribution is -0.121. The molecule has 6 nitrogen and oxygen atoms in total. The minimum absolute atomic E-state index is 0.346. The maximum atomic E-state index is 12.6. The number of carbonyl (C=O) groups is 1. The van der Waals surface area contributed by atoms with E-state index in [1.807, 2.05) is 26.0 Å². The van der Waals surface area contributed by atoms with Gasteiger partial charge in [-0.1, -0.05) is 18.2 Å². The topological polar surface area (TPSA) is 78.8 Å². The Morgan fingerprint density at radius 2 is 2.00 bits per heavy atom. The van der Waals surface area contributed by atoms with Crippen LogP contribution in [0.2, 0.25) is 0 Å². The number of benzene rings is 1. The van der Waals surface area contributed by atoms with Gasteiger partial charge in [0.25, 0.3) is 0 Å². The zero-order chi connectivity index (χ0) is 17.5. The van der Waals surface area contributed by atoms with E-state index in [4.69, 9.17) is 0 Å². The molecule has 128 valence electrons. The van der Waals surface area contributed by atoms with Gasteiger partial charge in [-0.05, 0) is 50.0 Å². The number of hydrogen-bond acceptors (Lipinski definition) is 4. The summed E-state index contributed by atoms with van der Waals surface area (Å²) in [5, 5.41) is 0. The lowest BCUT2D eigenvalue weighted by Gasteiger charge is -2.22. The van der Waals surface area contributed by atoms with Gasteiger partial charge in [-0.2, -0.15) is 8.42 Å². The van der Waals surface area contributed by atoms with E-state index in [-0.39, 0.29) is 0 Å². The molecule has 2 aliphatic heterocycles. The largest absolute Gasteiger partial charge is 0.326 e.